The highest BCUT2D eigenvalue weighted by Crippen LogP contribution is 2.26. The van der Waals surface area contributed by atoms with Gasteiger partial charge in [-0.1, -0.05) is 0 Å². The molecule has 0 aliphatic heterocycles. The van der Waals surface area contributed by atoms with Crippen molar-refractivity contribution in [3.05, 3.63) is 30.1 Å². The van der Waals surface area contributed by atoms with Crippen LogP contribution in [0.15, 0.2) is 24.5 Å². The van der Waals surface area contributed by atoms with Crippen LogP contribution in [-0.4, -0.2) is 29.7 Å². The molecular weight excluding hydrogens is 231 g/mol. The fourth-order valence-electron chi connectivity index (χ4n) is 1.39. The van der Waals surface area contributed by atoms with Gasteiger partial charge in [-0.15, -0.1) is 0 Å². The molecule has 0 amide bonds. The van der Waals surface area contributed by atoms with Crippen molar-refractivity contribution in [3.8, 4) is 6.07 Å². The summed E-state index contributed by atoms with van der Waals surface area (Å²) in [5.74, 6) is -1.95. The maximum Gasteiger partial charge on any atom is 0.405 e. The van der Waals surface area contributed by atoms with E-state index in [0.717, 1.165) is 5.56 Å². The average molecular weight is 243 g/mol. The second kappa shape index (κ2) is 5.64. The molecule has 0 bridgehead atoms. The molecule has 0 radical (unpaired) electrons. The van der Waals surface area contributed by atoms with E-state index in [1.807, 2.05) is 0 Å². The SMILES string of the molecule is CN(Cc1ccncc1)CC(C#N)C(F)(F)F. The number of alkyl halides is 3. The molecule has 1 aromatic rings. The Morgan fingerprint density at radius 1 is 1.41 bits per heavy atom. The molecular formula is C11H12F3N3. The van der Waals surface area contributed by atoms with Crippen molar-refractivity contribution < 1.29 is 13.2 Å². The van der Waals surface area contributed by atoms with E-state index in [1.165, 1.54) is 11.0 Å². The summed E-state index contributed by atoms with van der Waals surface area (Å²) in [5, 5.41) is 8.47. The van der Waals surface area contributed by atoms with Gasteiger partial charge < -0.3 is 4.90 Å². The Morgan fingerprint density at radius 2 is 2.00 bits per heavy atom. The third-order valence-electron chi connectivity index (χ3n) is 2.25. The Labute approximate surface area is 97.5 Å². The Hall–Kier alpha value is -1.61. The quantitative estimate of drug-likeness (QED) is 0.814. The normalized spacial score (nSPS) is 13.4. The summed E-state index contributed by atoms with van der Waals surface area (Å²) < 4.78 is 37.1. The number of pyridine rings is 1. The standard InChI is InChI=1S/C11H12F3N3/c1-17(7-9-2-4-16-5-3-9)8-10(6-15)11(12,13)14/h2-5,10H,7-8H2,1H3. The van der Waals surface area contributed by atoms with Gasteiger partial charge in [0.1, 0.15) is 0 Å². The number of nitriles is 1. The molecule has 0 aliphatic rings. The van der Waals surface area contributed by atoms with E-state index in [2.05, 4.69) is 4.98 Å². The summed E-state index contributed by atoms with van der Waals surface area (Å²) in [7, 11) is 1.55. The molecule has 1 aromatic heterocycles. The van der Waals surface area contributed by atoms with Crippen LogP contribution >= 0.6 is 0 Å². The van der Waals surface area contributed by atoms with Crippen LogP contribution in [0.4, 0.5) is 13.2 Å². The fraction of sp³-hybridized carbons (Fsp3) is 0.455. The third kappa shape index (κ3) is 4.41. The average Bonchev–Trinajstić information content (AvgIpc) is 2.25. The summed E-state index contributed by atoms with van der Waals surface area (Å²) in [4.78, 5) is 5.29. The predicted octanol–water partition coefficient (Wildman–Crippen LogP) is 2.22. The van der Waals surface area contributed by atoms with Gasteiger partial charge >= 0.3 is 6.18 Å². The number of rotatable bonds is 4. The predicted molar refractivity (Wildman–Crippen MR) is 55.7 cm³/mol. The van der Waals surface area contributed by atoms with Crippen molar-refractivity contribution in [2.75, 3.05) is 13.6 Å². The first-order valence-electron chi connectivity index (χ1n) is 4.97. The molecule has 1 atom stereocenters. The van der Waals surface area contributed by atoms with Gasteiger partial charge in [0.05, 0.1) is 6.07 Å². The molecule has 3 nitrogen and oxygen atoms in total. The summed E-state index contributed by atoms with van der Waals surface area (Å²) in [5.41, 5.74) is 0.862. The first kappa shape index (κ1) is 13.5. The molecule has 0 saturated carbocycles. The molecule has 17 heavy (non-hydrogen) atoms. The van der Waals surface area contributed by atoms with Crippen molar-refractivity contribution in [1.82, 2.24) is 9.88 Å². The maximum atomic E-state index is 12.4. The van der Waals surface area contributed by atoms with Crippen molar-refractivity contribution in [2.24, 2.45) is 5.92 Å². The molecule has 0 aliphatic carbocycles. The van der Waals surface area contributed by atoms with Crippen LogP contribution in [0.5, 0.6) is 0 Å². The zero-order chi connectivity index (χ0) is 12.9. The second-order valence-corrected chi connectivity index (χ2v) is 3.78. The Morgan fingerprint density at radius 3 is 2.47 bits per heavy atom. The molecule has 0 fully saturated rings. The summed E-state index contributed by atoms with van der Waals surface area (Å²) in [6.45, 7) is 0.0269. The lowest BCUT2D eigenvalue weighted by atomic mass is 10.1. The second-order valence-electron chi connectivity index (χ2n) is 3.78. The number of nitrogens with zero attached hydrogens (tertiary/aromatic N) is 3. The van der Waals surface area contributed by atoms with E-state index in [9.17, 15) is 13.2 Å². The molecule has 1 heterocycles. The Balaban J connectivity index is 2.55. The Bertz CT molecular complexity index is 383. The number of hydrogen-bond acceptors (Lipinski definition) is 3. The van der Waals surface area contributed by atoms with Crippen molar-refractivity contribution in [3.63, 3.8) is 0 Å². The topological polar surface area (TPSA) is 39.9 Å². The highest BCUT2D eigenvalue weighted by Gasteiger charge is 2.40. The van der Waals surface area contributed by atoms with Crippen LogP contribution in [0.3, 0.4) is 0 Å². The first-order valence-corrected chi connectivity index (χ1v) is 4.97. The van der Waals surface area contributed by atoms with Gasteiger partial charge in [0.25, 0.3) is 0 Å². The van der Waals surface area contributed by atoms with Crippen LogP contribution in [-0.2, 0) is 6.54 Å². The van der Waals surface area contributed by atoms with Crippen molar-refractivity contribution in [1.29, 1.82) is 5.26 Å². The highest BCUT2D eigenvalue weighted by molar-refractivity contribution is 5.09. The minimum Gasteiger partial charge on any atom is -0.300 e. The molecule has 92 valence electrons. The molecule has 1 rings (SSSR count). The minimum atomic E-state index is -4.47. The minimum absolute atomic E-state index is 0.331. The van der Waals surface area contributed by atoms with Gasteiger partial charge in [-0.3, -0.25) is 4.98 Å². The van der Waals surface area contributed by atoms with Crippen LogP contribution in [0.25, 0.3) is 0 Å². The lowest BCUT2D eigenvalue weighted by Crippen LogP contribution is -2.33. The lowest BCUT2D eigenvalue weighted by molar-refractivity contribution is -0.162. The fourth-order valence-corrected chi connectivity index (χ4v) is 1.39. The van der Waals surface area contributed by atoms with Gasteiger partial charge in [0.2, 0.25) is 0 Å². The van der Waals surface area contributed by atoms with Crippen molar-refractivity contribution >= 4 is 0 Å². The van der Waals surface area contributed by atoms with Gasteiger partial charge in [-0.2, -0.15) is 18.4 Å². The summed E-state index contributed by atoms with van der Waals surface area (Å²) >= 11 is 0. The van der Waals surface area contributed by atoms with E-state index >= 15 is 0 Å². The smallest absolute Gasteiger partial charge is 0.300 e. The van der Waals surface area contributed by atoms with E-state index in [4.69, 9.17) is 5.26 Å². The summed E-state index contributed by atoms with van der Waals surface area (Å²) in [6, 6.07) is 4.73. The molecule has 0 N–H and O–H groups in total. The molecule has 0 aromatic carbocycles. The highest BCUT2D eigenvalue weighted by atomic mass is 19.4. The molecule has 6 heteroatoms. The zero-order valence-corrected chi connectivity index (χ0v) is 9.28. The first-order chi connectivity index (χ1) is 7.93. The monoisotopic (exact) mass is 243 g/mol. The van der Waals surface area contributed by atoms with E-state index in [-0.39, 0.29) is 6.54 Å². The van der Waals surface area contributed by atoms with E-state index in [0.29, 0.717) is 6.54 Å². The maximum absolute atomic E-state index is 12.4. The number of hydrogen-bond donors (Lipinski definition) is 0. The summed E-state index contributed by atoms with van der Waals surface area (Å²) in [6.07, 6.45) is -1.31. The largest absolute Gasteiger partial charge is 0.405 e. The number of halogens is 3. The number of aromatic nitrogens is 1. The van der Waals surface area contributed by atoms with E-state index in [1.54, 1.807) is 31.6 Å². The lowest BCUT2D eigenvalue weighted by Gasteiger charge is -2.21. The molecule has 1 unspecified atom stereocenters. The van der Waals surface area contributed by atoms with Gasteiger partial charge in [-0.25, -0.2) is 0 Å². The van der Waals surface area contributed by atoms with E-state index < -0.39 is 12.1 Å². The van der Waals surface area contributed by atoms with Gasteiger partial charge in [0, 0.05) is 25.5 Å². The zero-order valence-electron chi connectivity index (χ0n) is 9.28. The van der Waals surface area contributed by atoms with Crippen LogP contribution in [0, 0.1) is 17.2 Å². The van der Waals surface area contributed by atoms with Gasteiger partial charge in [-0.05, 0) is 24.7 Å². The van der Waals surface area contributed by atoms with Crippen LogP contribution in [0.2, 0.25) is 0 Å². The third-order valence-corrected chi connectivity index (χ3v) is 2.25. The van der Waals surface area contributed by atoms with Crippen molar-refractivity contribution in [2.45, 2.75) is 12.7 Å². The Kier molecular flexibility index (Phi) is 4.46. The van der Waals surface area contributed by atoms with Crippen LogP contribution in [0.1, 0.15) is 5.56 Å². The molecule has 0 saturated heterocycles. The molecule has 0 spiro atoms. The van der Waals surface area contributed by atoms with Gasteiger partial charge in [0.15, 0.2) is 5.92 Å². The van der Waals surface area contributed by atoms with Crippen LogP contribution < -0.4 is 0 Å².